The number of amides is 1. The van der Waals surface area contributed by atoms with Crippen molar-refractivity contribution >= 4 is 39.1 Å². The van der Waals surface area contributed by atoms with Gasteiger partial charge in [0, 0.05) is 29.2 Å². The van der Waals surface area contributed by atoms with Gasteiger partial charge in [-0.3, -0.25) is 19.2 Å². The fourth-order valence-electron chi connectivity index (χ4n) is 2.51. The predicted octanol–water partition coefficient (Wildman–Crippen LogP) is 3.44. The van der Waals surface area contributed by atoms with E-state index in [0.29, 0.717) is 12.3 Å². The number of nitro benzene ring substituents is 1. The number of non-ortho nitro benzene ring substituents is 1. The van der Waals surface area contributed by atoms with Crippen LogP contribution in [0.25, 0.3) is 0 Å². The number of nitrogens with zero attached hydrogens (tertiary/aromatic N) is 2. The van der Waals surface area contributed by atoms with E-state index in [-0.39, 0.29) is 21.0 Å². The Balaban J connectivity index is 2.23. The highest BCUT2D eigenvalue weighted by Gasteiger charge is 2.27. The van der Waals surface area contributed by atoms with Gasteiger partial charge in [-0.25, -0.2) is 8.42 Å². The molecular formula is C20H25N3O5S2. The summed E-state index contributed by atoms with van der Waals surface area (Å²) in [6, 6.07) is 12.8. The standard InChI is InChI=1S/C20H25N3O5S2/c1-20(2,3)29-14-13-21-19(24)15-22(16-9-11-17(12-10-16)23(25)26)30(27,28)18-7-5-4-6-8-18/h4-12H,13-15H2,1-3H3,(H,21,24). The molecule has 0 aliphatic heterocycles. The van der Waals surface area contributed by atoms with Crippen molar-refractivity contribution in [2.75, 3.05) is 23.1 Å². The van der Waals surface area contributed by atoms with E-state index < -0.39 is 27.4 Å². The first-order chi connectivity index (χ1) is 14.0. The number of sulfonamides is 1. The van der Waals surface area contributed by atoms with Gasteiger partial charge in [0.2, 0.25) is 5.91 Å². The molecule has 2 aromatic rings. The number of carbonyl (C=O) groups excluding carboxylic acids is 1. The Morgan fingerprint density at radius 1 is 1.10 bits per heavy atom. The van der Waals surface area contributed by atoms with Crippen LogP contribution in [0.4, 0.5) is 11.4 Å². The number of hydrogen-bond donors (Lipinski definition) is 1. The zero-order valence-corrected chi connectivity index (χ0v) is 18.7. The predicted molar refractivity (Wildman–Crippen MR) is 119 cm³/mol. The summed E-state index contributed by atoms with van der Waals surface area (Å²) >= 11 is 1.69. The first-order valence-electron chi connectivity index (χ1n) is 9.23. The van der Waals surface area contributed by atoms with Crippen LogP contribution in [0, 0.1) is 10.1 Å². The summed E-state index contributed by atoms with van der Waals surface area (Å²) in [4.78, 5) is 22.8. The summed E-state index contributed by atoms with van der Waals surface area (Å²) in [6.45, 7) is 6.18. The Morgan fingerprint density at radius 2 is 1.70 bits per heavy atom. The van der Waals surface area contributed by atoms with Crippen molar-refractivity contribution in [3.05, 3.63) is 64.7 Å². The molecule has 10 heteroatoms. The Morgan fingerprint density at radius 3 is 2.23 bits per heavy atom. The maximum absolute atomic E-state index is 13.2. The summed E-state index contributed by atoms with van der Waals surface area (Å²) in [5.74, 6) is 0.237. The van der Waals surface area contributed by atoms with Gasteiger partial charge >= 0.3 is 0 Å². The van der Waals surface area contributed by atoms with Gasteiger partial charge in [0.1, 0.15) is 6.54 Å². The molecule has 0 spiro atoms. The van der Waals surface area contributed by atoms with Crippen molar-refractivity contribution in [1.29, 1.82) is 0 Å². The number of nitro groups is 1. The Hall–Kier alpha value is -2.59. The molecule has 0 aromatic heterocycles. The Bertz CT molecular complexity index is 972. The van der Waals surface area contributed by atoms with E-state index in [9.17, 15) is 23.3 Å². The van der Waals surface area contributed by atoms with Gasteiger partial charge in [-0.15, -0.1) is 0 Å². The van der Waals surface area contributed by atoms with E-state index in [1.807, 2.05) is 0 Å². The van der Waals surface area contributed by atoms with Gasteiger partial charge < -0.3 is 5.32 Å². The van der Waals surface area contributed by atoms with Gasteiger partial charge in [-0.05, 0) is 24.3 Å². The average molecular weight is 452 g/mol. The number of nitrogens with one attached hydrogen (secondary N) is 1. The minimum absolute atomic E-state index is 0.0273. The first kappa shape index (κ1) is 23.7. The molecule has 2 aromatic carbocycles. The number of anilines is 1. The number of carbonyl (C=O) groups is 1. The fraction of sp³-hybridized carbons (Fsp3) is 0.350. The molecule has 0 saturated carbocycles. The van der Waals surface area contributed by atoms with Gasteiger partial charge in [-0.1, -0.05) is 39.0 Å². The van der Waals surface area contributed by atoms with Crippen molar-refractivity contribution in [2.24, 2.45) is 0 Å². The zero-order chi connectivity index (χ0) is 22.4. The lowest BCUT2D eigenvalue weighted by Crippen LogP contribution is -2.41. The van der Waals surface area contributed by atoms with Crippen molar-refractivity contribution in [3.63, 3.8) is 0 Å². The number of hydrogen-bond acceptors (Lipinski definition) is 6. The molecule has 1 amide bonds. The number of thioether (sulfide) groups is 1. The molecule has 0 unspecified atom stereocenters. The third-order valence-electron chi connectivity index (χ3n) is 3.93. The number of benzene rings is 2. The molecule has 0 radical (unpaired) electrons. The van der Waals surface area contributed by atoms with Crippen molar-refractivity contribution in [1.82, 2.24) is 5.32 Å². The molecule has 30 heavy (non-hydrogen) atoms. The monoisotopic (exact) mass is 451 g/mol. The van der Waals surface area contributed by atoms with Crippen LogP contribution in [0.2, 0.25) is 0 Å². The summed E-state index contributed by atoms with van der Waals surface area (Å²) in [5.41, 5.74) is 0.00290. The van der Waals surface area contributed by atoms with Crippen molar-refractivity contribution < 1.29 is 18.1 Å². The molecule has 0 aliphatic rings. The second-order valence-electron chi connectivity index (χ2n) is 7.41. The highest BCUT2D eigenvalue weighted by Crippen LogP contribution is 2.26. The van der Waals surface area contributed by atoms with Crippen LogP contribution in [0.1, 0.15) is 20.8 Å². The van der Waals surface area contributed by atoms with E-state index in [4.69, 9.17) is 0 Å². The lowest BCUT2D eigenvalue weighted by atomic mass is 10.3. The van der Waals surface area contributed by atoms with Crippen molar-refractivity contribution in [3.8, 4) is 0 Å². The maximum Gasteiger partial charge on any atom is 0.269 e. The average Bonchev–Trinajstić information content (AvgIpc) is 2.69. The molecule has 0 atom stereocenters. The molecule has 1 N–H and O–H groups in total. The molecule has 0 bridgehead atoms. The molecule has 162 valence electrons. The van der Waals surface area contributed by atoms with E-state index in [1.165, 1.54) is 36.4 Å². The van der Waals surface area contributed by atoms with Crippen LogP contribution >= 0.6 is 11.8 Å². The van der Waals surface area contributed by atoms with E-state index in [1.54, 1.807) is 30.0 Å². The largest absolute Gasteiger partial charge is 0.354 e. The van der Waals surface area contributed by atoms with Gasteiger partial charge in [0.25, 0.3) is 15.7 Å². The summed E-state index contributed by atoms with van der Waals surface area (Å²) < 4.78 is 27.3. The van der Waals surface area contributed by atoms with Crippen LogP contribution in [-0.2, 0) is 14.8 Å². The smallest absolute Gasteiger partial charge is 0.269 e. The topological polar surface area (TPSA) is 110 Å². The third-order valence-corrected chi connectivity index (χ3v) is 6.99. The SMILES string of the molecule is CC(C)(C)SCCNC(=O)CN(c1ccc([N+](=O)[O-])cc1)S(=O)(=O)c1ccccc1. The molecule has 2 rings (SSSR count). The van der Waals surface area contributed by atoms with Gasteiger partial charge in [-0.2, -0.15) is 11.8 Å². The minimum atomic E-state index is -4.04. The molecule has 8 nitrogen and oxygen atoms in total. The Kier molecular flexibility index (Phi) is 7.85. The molecule has 0 heterocycles. The maximum atomic E-state index is 13.2. The number of rotatable bonds is 9. The first-order valence-corrected chi connectivity index (χ1v) is 11.7. The third kappa shape index (κ3) is 6.74. The summed E-state index contributed by atoms with van der Waals surface area (Å²) in [6.07, 6.45) is 0. The van der Waals surface area contributed by atoms with Crippen LogP contribution < -0.4 is 9.62 Å². The van der Waals surface area contributed by atoms with E-state index in [2.05, 4.69) is 26.1 Å². The van der Waals surface area contributed by atoms with Gasteiger partial charge in [0.15, 0.2) is 0 Å². The molecule has 0 fully saturated rings. The van der Waals surface area contributed by atoms with Crippen LogP contribution in [0.15, 0.2) is 59.5 Å². The van der Waals surface area contributed by atoms with Crippen LogP contribution in [0.3, 0.4) is 0 Å². The van der Waals surface area contributed by atoms with Gasteiger partial charge in [0.05, 0.1) is 15.5 Å². The van der Waals surface area contributed by atoms with Crippen LogP contribution in [-0.4, -0.2) is 42.8 Å². The molecule has 0 aliphatic carbocycles. The minimum Gasteiger partial charge on any atom is -0.354 e. The van der Waals surface area contributed by atoms with E-state index in [0.717, 1.165) is 4.31 Å². The quantitative estimate of drug-likeness (QED) is 0.355. The lowest BCUT2D eigenvalue weighted by Gasteiger charge is -2.24. The molecular weight excluding hydrogens is 426 g/mol. The molecule has 0 saturated heterocycles. The summed E-state index contributed by atoms with van der Waals surface area (Å²) in [5, 5.41) is 13.6. The van der Waals surface area contributed by atoms with Crippen molar-refractivity contribution in [2.45, 2.75) is 30.4 Å². The van der Waals surface area contributed by atoms with Crippen LogP contribution in [0.5, 0.6) is 0 Å². The highest BCUT2D eigenvalue weighted by atomic mass is 32.2. The zero-order valence-electron chi connectivity index (χ0n) is 17.1. The fourth-order valence-corrected chi connectivity index (χ4v) is 4.77. The summed E-state index contributed by atoms with van der Waals surface area (Å²) in [7, 11) is -4.04. The highest BCUT2D eigenvalue weighted by molar-refractivity contribution is 8.00. The normalized spacial score (nSPS) is 11.7. The Labute approximate surface area is 180 Å². The second-order valence-corrected chi connectivity index (χ2v) is 11.2. The second kappa shape index (κ2) is 9.94. The van der Waals surface area contributed by atoms with E-state index >= 15 is 0 Å². The lowest BCUT2D eigenvalue weighted by molar-refractivity contribution is -0.384.